The molecule has 0 heterocycles. The topological polar surface area (TPSA) is 44.9 Å². The van der Waals surface area contributed by atoms with E-state index in [1.54, 1.807) is 0 Å². The van der Waals surface area contributed by atoms with Crippen molar-refractivity contribution in [1.29, 1.82) is 0 Å². The third-order valence-corrected chi connectivity index (χ3v) is 3.94. The van der Waals surface area contributed by atoms with Crippen molar-refractivity contribution in [1.82, 2.24) is 9.80 Å². The predicted octanol–water partition coefficient (Wildman–Crippen LogP) is 3.17. The average molecular weight is 418 g/mol. The lowest BCUT2D eigenvalue weighted by molar-refractivity contribution is 0.240. The summed E-state index contributed by atoms with van der Waals surface area (Å²) in [5, 5.41) is 0. The SMILES string of the molecule is CCN(CC)C(N)=NCCC(C)N(C)Cc1ccccc1.I. The molecule has 0 aliphatic rings. The van der Waals surface area contributed by atoms with Gasteiger partial charge in [0.15, 0.2) is 5.96 Å². The van der Waals surface area contributed by atoms with Crippen molar-refractivity contribution in [2.45, 2.75) is 39.8 Å². The van der Waals surface area contributed by atoms with E-state index in [9.17, 15) is 0 Å². The van der Waals surface area contributed by atoms with Gasteiger partial charge in [0.2, 0.25) is 0 Å². The minimum Gasteiger partial charge on any atom is -0.370 e. The van der Waals surface area contributed by atoms with Gasteiger partial charge in [0, 0.05) is 32.2 Å². The van der Waals surface area contributed by atoms with Crippen molar-refractivity contribution in [2.75, 3.05) is 26.7 Å². The molecule has 5 heteroatoms. The number of benzene rings is 1. The molecule has 0 aliphatic heterocycles. The van der Waals surface area contributed by atoms with Crippen LogP contribution in [0.4, 0.5) is 0 Å². The van der Waals surface area contributed by atoms with Crippen LogP contribution in [-0.4, -0.2) is 48.5 Å². The quantitative estimate of drug-likeness (QED) is 0.401. The van der Waals surface area contributed by atoms with Crippen LogP contribution in [0.3, 0.4) is 0 Å². The summed E-state index contributed by atoms with van der Waals surface area (Å²) >= 11 is 0. The molecule has 1 rings (SSSR count). The molecule has 4 nitrogen and oxygen atoms in total. The summed E-state index contributed by atoms with van der Waals surface area (Å²) in [5.41, 5.74) is 7.33. The number of hydrogen-bond acceptors (Lipinski definition) is 2. The largest absolute Gasteiger partial charge is 0.370 e. The smallest absolute Gasteiger partial charge is 0.191 e. The summed E-state index contributed by atoms with van der Waals surface area (Å²) in [4.78, 5) is 8.93. The third kappa shape index (κ3) is 7.45. The molecular formula is C17H31IN4. The van der Waals surface area contributed by atoms with Crippen LogP contribution in [0.1, 0.15) is 32.8 Å². The second kappa shape index (κ2) is 11.7. The number of halogens is 1. The Bertz CT molecular complexity index is 418. The van der Waals surface area contributed by atoms with Crippen molar-refractivity contribution < 1.29 is 0 Å². The molecule has 0 bridgehead atoms. The van der Waals surface area contributed by atoms with E-state index < -0.39 is 0 Å². The highest BCUT2D eigenvalue weighted by atomic mass is 127. The summed E-state index contributed by atoms with van der Waals surface area (Å²) < 4.78 is 0. The van der Waals surface area contributed by atoms with Gasteiger partial charge < -0.3 is 10.6 Å². The molecule has 1 unspecified atom stereocenters. The van der Waals surface area contributed by atoms with Crippen LogP contribution >= 0.6 is 24.0 Å². The fourth-order valence-electron chi connectivity index (χ4n) is 2.26. The van der Waals surface area contributed by atoms with Gasteiger partial charge in [0.1, 0.15) is 0 Å². The molecule has 126 valence electrons. The van der Waals surface area contributed by atoms with E-state index >= 15 is 0 Å². The van der Waals surface area contributed by atoms with Gasteiger partial charge in [-0.3, -0.25) is 9.89 Å². The fraction of sp³-hybridized carbons (Fsp3) is 0.588. The number of aliphatic imine (C=N–C) groups is 1. The molecule has 0 radical (unpaired) electrons. The zero-order chi connectivity index (χ0) is 15.7. The Labute approximate surface area is 152 Å². The molecule has 0 saturated carbocycles. The van der Waals surface area contributed by atoms with Crippen LogP contribution in [0.15, 0.2) is 35.3 Å². The van der Waals surface area contributed by atoms with Crippen molar-refractivity contribution in [3.8, 4) is 0 Å². The number of guanidine groups is 1. The molecule has 0 aromatic heterocycles. The van der Waals surface area contributed by atoms with E-state index in [0.717, 1.165) is 32.6 Å². The first kappa shape index (κ1) is 21.2. The van der Waals surface area contributed by atoms with Crippen LogP contribution in [0.5, 0.6) is 0 Å². The van der Waals surface area contributed by atoms with Gasteiger partial charge >= 0.3 is 0 Å². The zero-order valence-corrected chi connectivity index (χ0v) is 16.7. The second-order valence-corrected chi connectivity index (χ2v) is 5.45. The van der Waals surface area contributed by atoms with Crippen molar-refractivity contribution in [3.63, 3.8) is 0 Å². The van der Waals surface area contributed by atoms with Gasteiger partial charge in [-0.2, -0.15) is 0 Å². The monoisotopic (exact) mass is 418 g/mol. The molecule has 22 heavy (non-hydrogen) atoms. The predicted molar refractivity (Wildman–Crippen MR) is 107 cm³/mol. The lowest BCUT2D eigenvalue weighted by Crippen LogP contribution is -2.37. The Kier molecular flexibility index (Phi) is 11.3. The number of nitrogens with two attached hydrogens (primary N) is 1. The van der Waals surface area contributed by atoms with Gasteiger partial charge in [0.25, 0.3) is 0 Å². The highest BCUT2D eigenvalue weighted by Gasteiger charge is 2.09. The maximum Gasteiger partial charge on any atom is 0.191 e. The minimum absolute atomic E-state index is 0. The minimum atomic E-state index is 0. The van der Waals surface area contributed by atoms with Crippen molar-refractivity contribution in [3.05, 3.63) is 35.9 Å². The van der Waals surface area contributed by atoms with Gasteiger partial charge in [-0.25, -0.2) is 0 Å². The van der Waals surface area contributed by atoms with E-state index in [2.05, 4.69) is 72.9 Å². The molecular weight excluding hydrogens is 387 g/mol. The first-order valence-electron chi connectivity index (χ1n) is 7.87. The molecule has 1 aromatic rings. The molecule has 1 atom stereocenters. The molecule has 2 N–H and O–H groups in total. The first-order valence-corrected chi connectivity index (χ1v) is 7.87. The second-order valence-electron chi connectivity index (χ2n) is 5.45. The standard InChI is InChI=1S/C17H30N4.HI/c1-5-21(6-2)17(18)19-13-12-15(3)20(4)14-16-10-8-7-9-11-16;/h7-11,15H,5-6,12-14H2,1-4H3,(H2,18,19);1H. The Morgan fingerprint density at radius 3 is 2.32 bits per heavy atom. The van der Waals surface area contributed by atoms with Crippen LogP contribution in [0, 0.1) is 0 Å². The van der Waals surface area contributed by atoms with Crippen LogP contribution in [0.25, 0.3) is 0 Å². The first-order chi connectivity index (χ1) is 10.1. The van der Waals surface area contributed by atoms with Crippen molar-refractivity contribution in [2.24, 2.45) is 10.7 Å². The highest BCUT2D eigenvalue weighted by molar-refractivity contribution is 14.0. The Hall–Kier alpha value is -0.820. The van der Waals surface area contributed by atoms with E-state index in [-0.39, 0.29) is 24.0 Å². The Morgan fingerprint density at radius 1 is 1.18 bits per heavy atom. The molecule has 0 aliphatic carbocycles. The highest BCUT2D eigenvalue weighted by Crippen LogP contribution is 2.08. The molecule has 0 amide bonds. The number of hydrogen-bond donors (Lipinski definition) is 1. The average Bonchev–Trinajstić information content (AvgIpc) is 2.49. The van der Waals surface area contributed by atoms with Gasteiger partial charge in [-0.15, -0.1) is 24.0 Å². The summed E-state index contributed by atoms with van der Waals surface area (Å²) in [5.74, 6) is 0.665. The van der Waals surface area contributed by atoms with E-state index in [1.807, 2.05) is 0 Å². The van der Waals surface area contributed by atoms with Gasteiger partial charge in [-0.05, 0) is 39.8 Å². The third-order valence-electron chi connectivity index (χ3n) is 3.94. The Morgan fingerprint density at radius 2 is 1.77 bits per heavy atom. The molecule has 1 aromatic carbocycles. The summed E-state index contributed by atoms with van der Waals surface area (Å²) in [6.07, 6.45) is 1.02. The van der Waals surface area contributed by atoms with Gasteiger partial charge in [0.05, 0.1) is 0 Å². The summed E-state index contributed by atoms with van der Waals surface area (Å²) in [6, 6.07) is 11.0. The zero-order valence-electron chi connectivity index (χ0n) is 14.3. The Balaban J connectivity index is 0.00000441. The lowest BCUT2D eigenvalue weighted by Gasteiger charge is -2.24. The number of nitrogens with zero attached hydrogens (tertiary/aromatic N) is 3. The lowest BCUT2D eigenvalue weighted by atomic mass is 10.1. The number of rotatable bonds is 8. The summed E-state index contributed by atoms with van der Waals surface area (Å²) in [7, 11) is 2.16. The normalized spacial score (nSPS) is 12.9. The van der Waals surface area contributed by atoms with Gasteiger partial charge in [-0.1, -0.05) is 30.3 Å². The van der Waals surface area contributed by atoms with Crippen molar-refractivity contribution >= 4 is 29.9 Å². The van der Waals surface area contributed by atoms with Crippen LogP contribution < -0.4 is 5.73 Å². The van der Waals surface area contributed by atoms with Crippen LogP contribution in [0.2, 0.25) is 0 Å². The fourth-order valence-corrected chi connectivity index (χ4v) is 2.26. The van der Waals surface area contributed by atoms with E-state index in [0.29, 0.717) is 12.0 Å². The molecule has 0 spiro atoms. The van der Waals surface area contributed by atoms with E-state index in [1.165, 1.54) is 5.56 Å². The van der Waals surface area contributed by atoms with Crippen LogP contribution in [-0.2, 0) is 6.54 Å². The maximum absolute atomic E-state index is 5.99. The molecule has 0 fully saturated rings. The molecule has 0 saturated heterocycles. The summed E-state index contributed by atoms with van der Waals surface area (Å²) in [6.45, 7) is 10.0. The maximum atomic E-state index is 5.99. The van der Waals surface area contributed by atoms with E-state index in [4.69, 9.17) is 5.73 Å².